The van der Waals surface area contributed by atoms with Gasteiger partial charge in [0.15, 0.2) is 0 Å². The number of aryl methyl sites for hydroxylation is 1. The zero-order valence-corrected chi connectivity index (χ0v) is 12.8. The number of nitrogens with zero attached hydrogens (tertiary/aromatic N) is 1. The predicted octanol–water partition coefficient (Wildman–Crippen LogP) is 3.31. The van der Waals surface area contributed by atoms with Gasteiger partial charge in [0.25, 0.3) is 0 Å². The Morgan fingerprint density at radius 2 is 1.86 bits per heavy atom. The number of anilines is 1. The van der Waals surface area contributed by atoms with Crippen LogP contribution in [-0.4, -0.2) is 18.0 Å². The van der Waals surface area contributed by atoms with Gasteiger partial charge in [-0.05, 0) is 50.6 Å². The Kier molecular flexibility index (Phi) is 4.26. The average Bonchev–Trinajstić information content (AvgIpc) is 2.47. The van der Waals surface area contributed by atoms with Gasteiger partial charge in [-0.1, -0.05) is 12.1 Å². The molecule has 2 rings (SSSR count). The Labute approximate surface area is 125 Å². The Morgan fingerprint density at radius 1 is 1.19 bits per heavy atom. The van der Waals surface area contributed by atoms with E-state index in [4.69, 9.17) is 4.74 Å². The van der Waals surface area contributed by atoms with Crippen LogP contribution in [0.1, 0.15) is 25.1 Å². The van der Waals surface area contributed by atoms with Crippen LogP contribution >= 0.6 is 0 Å². The summed E-state index contributed by atoms with van der Waals surface area (Å²) in [6, 6.07) is 11.2. The minimum atomic E-state index is -0.635. The highest BCUT2D eigenvalue weighted by Gasteiger charge is 2.29. The van der Waals surface area contributed by atoms with Crippen LogP contribution in [0.25, 0.3) is 0 Å². The number of amides is 1. The molecule has 0 spiro atoms. The van der Waals surface area contributed by atoms with Crippen molar-refractivity contribution in [2.45, 2.75) is 26.2 Å². The van der Waals surface area contributed by atoms with Crippen LogP contribution in [0.4, 0.5) is 5.69 Å². The molecule has 0 aliphatic carbocycles. The molecule has 1 amide bonds. The number of aromatic nitrogens is 1. The van der Waals surface area contributed by atoms with E-state index >= 15 is 0 Å². The van der Waals surface area contributed by atoms with Gasteiger partial charge in [0.05, 0.1) is 12.5 Å². The molecule has 2 aromatic rings. The summed E-state index contributed by atoms with van der Waals surface area (Å²) in [6.07, 6.45) is 1.69. The molecule has 1 aromatic carbocycles. The van der Waals surface area contributed by atoms with E-state index in [9.17, 15) is 4.79 Å². The van der Waals surface area contributed by atoms with Crippen LogP contribution in [0.3, 0.4) is 0 Å². The molecule has 0 fully saturated rings. The quantitative estimate of drug-likeness (QED) is 0.937. The van der Waals surface area contributed by atoms with Crippen molar-refractivity contribution in [3.63, 3.8) is 0 Å². The lowest BCUT2D eigenvalue weighted by Crippen LogP contribution is -2.34. The summed E-state index contributed by atoms with van der Waals surface area (Å²) in [5, 5.41) is 2.94. The third-order valence-corrected chi connectivity index (χ3v) is 3.53. The molecule has 4 nitrogen and oxygen atoms in total. The molecule has 21 heavy (non-hydrogen) atoms. The van der Waals surface area contributed by atoms with Crippen LogP contribution < -0.4 is 10.1 Å². The van der Waals surface area contributed by atoms with Gasteiger partial charge in [0.2, 0.25) is 5.91 Å². The van der Waals surface area contributed by atoms with E-state index in [2.05, 4.69) is 10.3 Å². The van der Waals surface area contributed by atoms with Crippen molar-refractivity contribution >= 4 is 11.6 Å². The molecule has 0 atom stereocenters. The smallest absolute Gasteiger partial charge is 0.234 e. The molecular formula is C17H20N2O2. The predicted molar refractivity (Wildman–Crippen MR) is 83.6 cm³/mol. The Morgan fingerprint density at radius 3 is 2.43 bits per heavy atom. The zero-order chi connectivity index (χ0) is 15.5. The zero-order valence-electron chi connectivity index (χ0n) is 12.8. The van der Waals surface area contributed by atoms with Gasteiger partial charge in [-0.25, -0.2) is 0 Å². The SMILES string of the molecule is COc1ccc(C(C)(C)C(=O)Nc2ccnc(C)c2)cc1. The van der Waals surface area contributed by atoms with Crippen LogP contribution in [0.5, 0.6) is 5.75 Å². The summed E-state index contributed by atoms with van der Waals surface area (Å²) in [6.45, 7) is 5.70. The number of carbonyl (C=O) groups is 1. The van der Waals surface area contributed by atoms with E-state index in [0.717, 1.165) is 22.7 Å². The molecule has 1 heterocycles. The van der Waals surface area contributed by atoms with E-state index in [0.29, 0.717) is 0 Å². The van der Waals surface area contributed by atoms with Crippen molar-refractivity contribution in [2.24, 2.45) is 0 Å². The number of nitrogens with one attached hydrogen (secondary N) is 1. The van der Waals surface area contributed by atoms with Crippen molar-refractivity contribution in [1.29, 1.82) is 0 Å². The Hall–Kier alpha value is -2.36. The molecule has 0 unspecified atom stereocenters. The van der Waals surface area contributed by atoms with E-state index in [1.54, 1.807) is 19.4 Å². The van der Waals surface area contributed by atoms with Crippen molar-refractivity contribution in [2.75, 3.05) is 12.4 Å². The molecule has 4 heteroatoms. The number of rotatable bonds is 4. The van der Waals surface area contributed by atoms with Crippen LogP contribution in [-0.2, 0) is 10.2 Å². The van der Waals surface area contributed by atoms with Gasteiger partial charge >= 0.3 is 0 Å². The van der Waals surface area contributed by atoms with Gasteiger partial charge in [0, 0.05) is 17.6 Å². The van der Waals surface area contributed by atoms with E-state index < -0.39 is 5.41 Å². The summed E-state index contributed by atoms with van der Waals surface area (Å²) < 4.78 is 5.14. The second-order valence-electron chi connectivity index (χ2n) is 5.49. The summed E-state index contributed by atoms with van der Waals surface area (Å²) in [4.78, 5) is 16.7. The van der Waals surface area contributed by atoms with Crippen molar-refractivity contribution in [1.82, 2.24) is 4.98 Å². The van der Waals surface area contributed by atoms with Crippen molar-refractivity contribution < 1.29 is 9.53 Å². The van der Waals surface area contributed by atoms with Crippen LogP contribution in [0.2, 0.25) is 0 Å². The number of methoxy groups -OCH3 is 1. The number of pyridine rings is 1. The lowest BCUT2D eigenvalue weighted by atomic mass is 9.83. The molecule has 0 bridgehead atoms. The molecule has 0 radical (unpaired) electrons. The summed E-state index contributed by atoms with van der Waals surface area (Å²) in [5.41, 5.74) is 1.93. The summed E-state index contributed by atoms with van der Waals surface area (Å²) >= 11 is 0. The standard InChI is InChI=1S/C17H20N2O2/c1-12-11-14(9-10-18-12)19-16(20)17(2,3)13-5-7-15(21-4)8-6-13/h5-11H,1-4H3,(H,18,19,20). The third-order valence-electron chi connectivity index (χ3n) is 3.53. The largest absolute Gasteiger partial charge is 0.497 e. The molecule has 1 N–H and O–H groups in total. The maximum absolute atomic E-state index is 12.5. The number of hydrogen-bond acceptors (Lipinski definition) is 3. The van der Waals surface area contributed by atoms with Gasteiger partial charge in [-0.3, -0.25) is 9.78 Å². The second kappa shape index (κ2) is 5.95. The van der Waals surface area contributed by atoms with Gasteiger partial charge in [-0.15, -0.1) is 0 Å². The van der Waals surface area contributed by atoms with Crippen molar-refractivity contribution in [3.8, 4) is 5.75 Å². The summed E-state index contributed by atoms with van der Waals surface area (Å²) in [5.74, 6) is 0.720. The molecule has 0 aliphatic rings. The van der Waals surface area contributed by atoms with Gasteiger partial charge in [0.1, 0.15) is 5.75 Å². The first kappa shape index (κ1) is 15.0. The molecule has 1 aromatic heterocycles. The van der Waals surface area contributed by atoms with E-state index in [1.807, 2.05) is 51.1 Å². The van der Waals surface area contributed by atoms with Crippen LogP contribution in [0, 0.1) is 6.92 Å². The summed E-state index contributed by atoms with van der Waals surface area (Å²) in [7, 11) is 1.62. The van der Waals surface area contributed by atoms with Crippen molar-refractivity contribution in [3.05, 3.63) is 53.9 Å². The maximum Gasteiger partial charge on any atom is 0.234 e. The minimum Gasteiger partial charge on any atom is -0.497 e. The molecule has 110 valence electrons. The lowest BCUT2D eigenvalue weighted by Gasteiger charge is -2.24. The van der Waals surface area contributed by atoms with E-state index in [1.165, 1.54) is 0 Å². The highest BCUT2D eigenvalue weighted by Crippen LogP contribution is 2.27. The van der Waals surface area contributed by atoms with E-state index in [-0.39, 0.29) is 5.91 Å². The highest BCUT2D eigenvalue weighted by molar-refractivity contribution is 5.98. The third kappa shape index (κ3) is 3.40. The first-order valence-corrected chi connectivity index (χ1v) is 6.82. The van der Waals surface area contributed by atoms with Crippen LogP contribution in [0.15, 0.2) is 42.6 Å². The Bertz CT molecular complexity index is 633. The molecule has 0 aliphatic heterocycles. The fraction of sp³-hybridized carbons (Fsp3) is 0.294. The normalized spacial score (nSPS) is 11.0. The second-order valence-corrected chi connectivity index (χ2v) is 5.49. The monoisotopic (exact) mass is 284 g/mol. The number of ether oxygens (including phenoxy) is 1. The molecule has 0 saturated carbocycles. The average molecular weight is 284 g/mol. The molecular weight excluding hydrogens is 264 g/mol. The number of hydrogen-bond donors (Lipinski definition) is 1. The highest BCUT2D eigenvalue weighted by atomic mass is 16.5. The number of carbonyl (C=O) groups excluding carboxylic acids is 1. The first-order valence-electron chi connectivity index (χ1n) is 6.82. The first-order chi connectivity index (χ1) is 9.93. The molecule has 0 saturated heterocycles. The topological polar surface area (TPSA) is 51.2 Å². The fourth-order valence-electron chi connectivity index (χ4n) is 2.05. The number of benzene rings is 1. The van der Waals surface area contributed by atoms with Gasteiger partial charge < -0.3 is 10.1 Å². The maximum atomic E-state index is 12.5. The lowest BCUT2D eigenvalue weighted by molar-refractivity contribution is -0.120. The fourth-order valence-corrected chi connectivity index (χ4v) is 2.05. The Balaban J connectivity index is 2.19. The minimum absolute atomic E-state index is 0.0572. The van der Waals surface area contributed by atoms with Gasteiger partial charge in [-0.2, -0.15) is 0 Å².